The van der Waals surface area contributed by atoms with Gasteiger partial charge in [0.1, 0.15) is 5.70 Å². The summed E-state index contributed by atoms with van der Waals surface area (Å²) in [6.45, 7) is 3.95. The fourth-order valence-electron chi connectivity index (χ4n) is 3.79. The minimum atomic E-state index is -0.450. The van der Waals surface area contributed by atoms with Gasteiger partial charge in [-0.05, 0) is 49.2 Å². The molecule has 0 unspecified atom stereocenters. The number of rotatable bonds is 4. The van der Waals surface area contributed by atoms with E-state index in [0.29, 0.717) is 39.0 Å². The van der Waals surface area contributed by atoms with E-state index in [9.17, 15) is 9.59 Å². The van der Waals surface area contributed by atoms with Gasteiger partial charge in [-0.1, -0.05) is 47.5 Å². The van der Waals surface area contributed by atoms with Crippen molar-refractivity contribution in [1.82, 2.24) is 0 Å². The van der Waals surface area contributed by atoms with Crippen LogP contribution in [0.3, 0.4) is 0 Å². The zero-order chi connectivity index (χ0) is 22.4. The number of hydrogen-bond acceptors (Lipinski definition) is 5. The summed E-state index contributed by atoms with van der Waals surface area (Å²) in [6, 6.07) is 17.9. The number of nitrogens with one attached hydrogen (secondary N) is 1. The Morgan fingerprint density at radius 2 is 1.62 bits per heavy atom. The van der Waals surface area contributed by atoms with Crippen LogP contribution < -0.4 is 19.7 Å². The molecule has 2 heterocycles. The number of halogens is 1. The van der Waals surface area contributed by atoms with E-state index in [0.717, 1.165) is 11.1 Å². The van der Waals surface area contributed by atoms with Crippen LogP contribution in [0.5, 0.6) is 11.5 Å². The largest absolute Gasteiger partial charge is 0.454 e. The van der Waals surface area contributed by atoms with Crippen molar-refractivity contribution in [2.75, 3.05) is 17.0 Å². The summed E-state index contributed by atoms with van der Waals surface area (Å²) in [5, 5.41) is 3.59. The highest BCUT2D eigenvalue weighted by Crippen LogP contribution is 2.38. The van der Waals surface area contributed by atoms with Gasteiger partial charge in [0, 0.05) is 16.8 Å². The Labute approximate surface area is 190 Å². The van der Waals surface area contributed by atoms with Crippen molar-refractivity contribution in [3.05, 3.63) is 88.1 Å². The van der Waals surface area contributed by atoms with Crippen molar-refractivity contribution in [3.8, 4) is 11.5 Å². The Kier molecular flexibility index (Phi) is 4.87. The molecule has 0 fully saturated rings. The smallest absolute Gasteiger partial charge is 0.282 e. The van der Waals surface area contributed by atoms with E-state index in [1.54, 1.807) is 36.4 Å². The van der Waals surface area contributed by atoms with E-state index in [1.165, 1.54) is 4.90 Å². The average Bonchev–Trinajstić information content (AvgIpc) is 3.33. The molecule has 0 bridgehead atoms. The van der Waals surface area contributed by atoms with Crippen molar-refractivity contribution in [2.24, 2.45) is 0 Å². The van der Waals surface area contributed by atoms with Crippen molar-refractivity contribution in [2.45, 2.75) is 13.8 Å². The Morgan fingerprint density at radius 3 is 2.41 bits per heavy atom. The predicted molar refractivity (Wildman–Crippen MR) is 123 cm³/mol. The molecule has 3 aromatic carbocycles. The van der Waals surface area contributed by atoms with E-state index in [-0.39, 0.29) is 12.5 Å². The lowest BCUT2D eigenvalue weighted by Crippen LogP contribution is -2.33. The summed E-state index contributed by atoms with van der Waals surface area (Å²) < 4.78 is 10.8. The van der Waals surface area contributed by atoms with Gasteiger partial charge >= 0.3 is 0 Å². The van der Waals surface area contributed by atoms with Crippen molar-refractivity contribution in [1.29, 1.82) is 0 Å². The molecule has 0 radical (unpaired) electrons. The van der Waals surface area contributed by atoms with Gasteiger partial charge < -0.3 is 14.8 Å². The second kappa shape index (κ2) is 7.73. The fourth-order valence-corrected chi connectivity index (χ4v) is 3.96. The maximum atomic E-state index is 13.6. The molecule has 0 aliphatic carbocycles. The molecule has 32 heavy (non-hydrogen) atoms. The van der Waals surface area contributed by atoms with E-state index in [1.807, 2.05) is 38.1 Å². The first-order valence-electron chi connectivity index (χ1n) is 10.1. The highest BCUT2D eigenvalue weighted by molar-refractivity contribution is 6.46. The predicted octanol–water partition coefficient (Wildman–Crippen LogP) is 5.08. The number of imide groups is 1. The van der Waals surface area contributed by atoms with Gasteiger partial charge in [0.25, 0.3) is 11.8 Å². The number of carbonyl (C=O) groups excluding carboxylic acids is 2. The second-order valence-electron chi connectivity index (χ2n) is 7.69. The first kappa shape index (κ1) is 20.2. The molecule has 0 saturated heterocycles. The fraction of sp³-hybridized carbons (Fsp3) is 0.120. The molecule has 3 aromatic rings. The van der Waals surface area contributed by atoms with Gasteiger partial charge in [-0.15, -0.1) is 0 Å². The molecular weight excluding hydrogens is 428 g/mol. The van der Waals surface area contributed by atoms with Crippen molar-refractivity contribution >= 4 is 40.4 Å². The summed E-state index contributed by atoms with van der Waals surface area (Å²) in [7, 11) is 0. The van der Waals surface area contributed by atoms with Gasteiger partial charge in [-0.2, -0.15) is 0 Å². The summed E-state index contributed by atoms with van der Waals surface area (Å²) in [5.74, 6) is 0.348. The van der Waals surface area contributed by atoms with Crippen LogP contribution in [0.25, 0.3) is 5.57 Å². The number of aryl methyl sites for hydroxylation is 2. The van der Waals surface area contributed by atoms with Gasteiger partial charge in [0.2, 0.25) is 6.79 Å². The topological polar surface area (TPSA) is 67.9 Å². The Bertz CT molecular complexity index is 1300. The lowest BCUT2D eigenvalue weighted by atomic mass is 10.0. The first-order valence-corrected chi connectivity index (χ1v) is 10.4. The molecular formula is C25H19ClN2O4. The van der Waals surface area contributed by atoms with Gasteiger partial charge in [-0.25, -0.2) is 4.90 Å². The Morgan fingerprint density at radius 1 is 0.875 bits per heavy atom. The summed E-state index contributed by atoms with van der Waals surface area (Å²) in [5.41, 5.74) is 4.03. The Hall–Kier alpha value is -3.77. The monoisotopic (exact) mass is 446 g/mol. The third kappa shape index (κ3) is 3.39. The molecule has 160 valence electrons. The van der Waals surface area contributed by atoms with Crippen LogP contribution in [0.15, 0.2) is 66.4 Å². The lowest BCUT2D eigenvalue weighted by molar-refractivity contribution is -0.120. The number of carbonyl (C=O) groups is 2. The standard InChI is InChI=1S/C25H19ClN2O4/c1-14-3-6-16(7-4-14)22-23(27-18-9-10-20-21(12-18)32-13-31-20)25(30)28(24(22)29)19-11-17(26)8-5-15(19)2/h3-12,27H,13H2,1-2H3. The number of anilines is 2. The highest BCUT2D eigenvalue weighted by Gasteiger charge is 2.41. The highest BCUT2D eigenvalue weighted by atomic mass is 35.5. The van der Waals surface area contributed by atoms with E-state index in [4.69, 9.17) is 21.1 Å². The molecule has 2 amide bonds. The van der Waals surface area contributed by atoms with Crippen LogP contribution in [0.1, 0.15) is 16.7 Å². The molecule has 0 saturated carbocycles. The van der Waals surface area contributed by atoms with Crippen LogP contribution >= 0.6 is 11.6 Å². The molecule has 7 heteroatoms. The number of amides is 2. The number of fused-ring (bicyclic) bond motifs is 1. The van der Waals surface area contributed by atoms with Crippen LogP contribution in [-0.4, -0.2) is 18.6 Å². The second-order valence-corrected chi connectivity index (χ2v) is 8.12. The van der Waals surface area contributed by atoms with Gasteiger partial charge in [0.15, 0.2) is 11.5 Å². The van der Waals surface area contributed by atoms with Crippen LogP contribution in [0.2, 0.25) is 5.02 Å². The first-order chi connectivity index (χ1) is 15.4. The zero-order valence-corrected chi connectivity index (χ0v) is 18.2. The normalized spacial score (nSPS) is 15.0. The number of benzene rings is 3. The summed E-state index contributed by atoms with van der Waals surface area (Å²) >= 11 is 6.18. The SMILES string of the molecule is Cc1ccc(C2=C(Nc3ccc4c(c3)OCO4)C(=O)N(c3cc(Cl)ccc3C)C2=O)cc1. The quantitative estimate of drug-likeness (QED) is 0.566. The molecule has 0 aromatic heterocycles. The third-order valence-electron chi connectivity index (χ3n) is 5.48. The minimum absolute atomic E-state index is 0.148. The summed E-state index contributed by atoms with van der Waals surface area (Å²) in [4.78, 5) is 28.3. The van der Waals surface area contributed by atoms with Crippen LogP contribution in [0, 0.1) is 13.8 Å². The number of hydrogen-bond donors (Lipinski definition) is 1. The molecule has 0 atom stereocenters. The molecule has 6 nitrogen and oxygen atoms in total. The third-order valence-corrected chi connectivity index (χ3v) is 5.71. The maximum absolute atomic E-state index is 13.6. The number of ether oxygens (including phenoxy) is 2. The molecule has 2 aliphatic rings. The van der Waals surface area contributed by atoms with Gasteiger partial charge in [-0.3, -0.25) is 9.59 Å². The van der Waals surface area contributed by atoms with Crippen LogP contribution in [-0.2, 0) is 9.59 Å². The Balaban J connectivity index is 1.61. The van der Waals surface area contributed by atoms with Crippen molar-refractivity contribution < 1.29 is 19.1 Å². The molecule has 2 aliphatic heterocycles. The minimum Gasteiger partial charge on any atom is -0.454 e. The van der Waals surface area contributed by atoms with Crippen LogP contribution in [0.4, 0.5) is 11.4 Å². The summed E-state index contributed by atoms with van der Waals surface area (Å²) in [6.07, 6.45) is 0. The lowest BCUT2D eigenvalue weighted by Gasteiger charge is -2.18. The van der Waals surface area contributed by atoms with Gasteiger partial charge in [0.05, 0.1) is 11.3 Å². The molecule has 1 N–H and O–H groups in total. The number of nitrogens with zero attached hydrogens (tertiary/aromatic N) is 1. The maximum Gasteiger partial charge on any atom is 0.282 e. The van der Waals surface area contributed by atoms with E-state index >= 15 is 0 Å². The van der Waals surface area contributed by atoms with E-state index < -0.39 is 11.8 Å². The molecule has 0 spiro atoms. The molecule has 5 rings (SSSR count). The van der Waals surface area contributed by atoms with E-state index in [2.05, 4.69) is 5.32 Å². The zero-order valence-electron chi connectivity index (χ0n) is 17.4. The van der Waals surface area contributed by atoms with Crippen molar-refractivity contribution in [3.63, 3.8) is 0 Å². The average molecular weight is 447 g/mol.